The van der Waals surface area contributed by atoms with E-state index in [0.29, 0.717) is 46.8 Å². The molecule has 1 fully saturated rings. The number of para-hydroxylation sites is 1. The molecule has 0 radical (unpaired) electrons. The van der Waals surface area contributed by atoms with Crippen LogP contribution in [0.1, 0.15) is 19.8 Å². The van der Waals surface area contributed by atoms with E-state index in [9.17, 15) is 13.6 Å². The molecule has 13 heteroatoms. The number of ketones is 1. The molecular formula is C24H23N6O6S-. The number of fused-ring (bicyclic) bond motifs is 1. The summed E-state index contributed by atoms with van der Waals surface area (Å²) in [5.74, 6) is 1.77. The number of benzene rings is 1. The Hall–Kier alpha value is -4.10. The Morgan fingerprint density at radius 1 is 1.08 bits per heavy atom. The number of nitrogens with one attached hydrogen (secondary N) is 1. The maximum Gasteiger partial charge on any atom is 0.213 e. The molecule has 192 valence electrons. The van der Waals surface area contributed by atoms with Crippen molar-refractivity contribution in [2.24, 2.45) is 0 Å². The van der Waals surface area contributed by atoms with E-state index >= 15 is 0 Å². The third-order valence-electron chi connectivity index (χ3n) is 5.88. The highest BCUT2D eigenvalue weighted by atomic mass is 32.2. The fraction of sp³-hybridized carbons (Fsp3) is 0.292. The van der Waals surface area contributed by atoms with Gasteiger partial charge in [0.15, 0.2) is 17.1 Å². The Kier molecular flexibility index (Phi) is 6.48. The first-order valence-corrected chi connectivity index (χ1v) is 12.4. The molecule has 3 aromatic heterocycles. The average Bonchev–Trinajstić information content (AvgIpc) is 3.25. The van der Waals surface area contributed by atoms with Gasteiger partial charge in [-0.3, -0.25) is 13.6 Å². The maximum absolute atomic E-state index is 11.9. The number of hydrogen-bond acceptors (Lipinski definition) is 11. The fourth-order valence-electron chi connectivity index (χ4n) is 4.18. The number of carbonyl (C=O) groups is 1. The van der Waals surface area contributed by atoms with E-state index in [1.807, 2.05) is 6.92 Å². The molecule has 37 heavy (non-hydrogen) atoms. The van der Waals surface area contributed by atoms with Gasteiger partial charge in [0.2, 0.25) is 5.88 Å². The summed E-state index contributed by atoms with van der Waals surface area (Å²) in [4.78, 5) is 28.5. The van der Waals surface area contributed by atoms with Gasteiger partial charge in [0.25, 0.3) is 0 Å². The van der Waals surface area contributed by atoms with Crippen LogP contribution >= 0.6 is 0 Å². The van der Waals surface area contributed by atoms with Crippen molar-refractivity contribution < 1.29 is 27.8 Å². The van der Waals surface area contributed by atoms with Crippen LogP contribution in [0.25, 0.3) is 28.5 Å². The molecule has 4 aromatic rings. The van der Waals surface area contributed by atoms with Gasteiger partial charge < -0.3 is 24.1 Å². The van der Waals surface area contributed by atoms with E-state index in [1.54, 1.807) is 41.0 Å². The van der Waals surface area contributed by atoms with Gasteiger partial charge >= 0.3 is 0 Å². The van der Waals surface area contributed by atoms with E-state index < -0.39 is 16.0 Å². The zero-order valence-electron chi connectivity index (χ0n) is 20.3. The fourth-order valence-corrected chi connectivity index (χ4v) is 4.93. The number of ether oxygens (including phenoxy) is 3. The van der Waals surface area contributed by atoms with Gasteiger partial charge in [0.05, 0.1) is 27.0 Å². The topological polar surface area (TPSA) is 153 Å². The predicted molar refractivity (Wildman–Crippen MR) is 134 cm³/mol. The number of anilines is 1. The molecule has 1 aromatic carbocycles. The Morgan fingerprint density at radius 3 is 2.41 bits per heavy atom. The molecular weight excluding hydrogens is 500 g/mol. The molecule has 1 atom stereocenters. The van der Waals surface area contributed by atoms with Gasteiger partial charge in [0, 0.05) is 18.9 Å². The molecule has 0 saturated heterocycles. The van der Waals surface area contributed by atoms with Crippen LogP contribution in [0.15, 0.2) is 42.6 Å². The third-order valence-corrected chi connectivity index (χ3v) is 6.91. The second-order valence-electron chi connectivity index (χ2n) is 8.22. The molecule has 0 amide bonds. The molecule has 1 N–H and O–H groups in total. The summed E-state index contributed by atoms with van der Waals surface area (Å²) in [5.41, 5.74) is 1.55. The number of carbonyl (C=O) groups excluding carboxylic acids is 1. The van der Waals surface area contributed by atoms with Gasteiger partial charge in [-0.05, 0) is 36.2 Å². The summed E-state index contributed by atoms with van der Waals surface area (Å²) in [7, 11) is 3.06. The van der Waals surface area contributed by atoms with E-state index in [0.717, 1.165) is 0 Å². The quantitative estimate of drug-likeness (QED) is 0.322. The molecule has 0 aliphatic heterocycles. The maximum atomic E-state index is 11.9. The van der Waals surface area contributed by atoms with Crippen molar-refractivity contribution >= 4 is 34.0 Å². The van der Waals surface area contributed by atoms with Crippen molar-refractivity contribution in [1.82, 2.24) is 24.5 Å². The van der Waals surface area contributed by atoms with Crippen LogP contribution in [-0.2, 0) is 15.9 Å². The average molecular weight is 524 g/mol. The normalized spacial score (nSPS) is 15.2. The molecule has 12 nitrogen and oxygen atoms in total. The first-order valence-electron chi connectivity index (χ1n) is 11.4. The largest absolute Gasteiger partial charge is 0.771 e. The summed E-state index contributed by atoms with van der Waals surface area (Å²) < 4.78 is 42.4. The Bertz CT molecular complexity index is 1490. The number of imidazole rings is 1. The van der Waals surface area contributed by atoms with Gasteiger partial charge in [-0.1, -0.05) is 12.1 Å². The number of hydrogen-bond donors (Lipinski definition) is 1. The second kappa shape index (κ2) is 9.75. The number of methoxy groups -OCH3 is 2. The van der Waals surface area contributed by atoms with Crippen molar-refractivity contribution in [2.75, 3.05) is 26.1 Å². The number of rotatable bonds is 9. The summed E-state index contributed by atoms with van der Waals surface area (Å²) >= 11 is -2.55. The predicted octanol–water partition coefficient (Wildman–Crippen LogP) is 2.64. The lowest BCUT2D eigenvalue weighted by Crippen LogP contribution is -2.54. The highest BCUT2D eigenvalue weighted by molar-refractivity contribution is 7.81. The standard InChI is InChI=1S/C24H24N6O6S/c1-4-36-19-10-5-7-15(26-19)22-28-21-23(30(22)20-16(34-2)8-6-9-17(20)35-3)27-18(13-25-21)29-24(37(32)33)11-14(31)12-24/h5-10,13H,4,11-12H2,1-3H3,(H,27,29)(H,32,33)/p-1. The lowest BCUT2D eigenvalue weighted by Gasteiger charge is -2.42. The van der Waals surface area contributed by atoms with Gasteiger partial charge in [-0.2, -0.15) is 0 Å². The van der Waals surface area contributed by atoms with Crippen LogP contribution in [-0.4, -0.2) is 64.7 Å². The number of aromatic nitrogens is 5. The van der Waals surface area contributed by atoms with E-state index in [-0.39, 0.29) is 30.1 Å². The van der Waals surface area contributed by atoms with Crippen LogP contribution < -0.4 is 19.5 Å². The molecule has 0 spiro atoms. The van der Waals surface area contributed by atoms with Crippen LogP contribution in [0, 0.1) is 0 Å². The molecule has 1 aliphatic rings. The Labute approximate surface area is 214 Å². The SMILES string of the molecule is CCOc1cccc(-c2nc3ncc(NC4(S(=O)[O-])CC(=O)C4)nc3n2-c2c(OC)cccc2OC)n1. The monoisotopic (exact) mass is 523 g/mol. The van der Waals surface area contributed by atoms with Crippen molar-refractivity contribution in [3.63, 3.8) is 0 Å². The van der Waals surface area contributed by atoms with Crippen molar-refractivity contribution in [3.8, 4) is 34.6 Å². The molecule has 5 rings (SSSR count). The van der Waals surface area contributed by atoms with Crippen LogP contribution in [0.3, 0.4) is 0 Å². The highest BCUT2D eigenvalue weighted by Crippen LogP contribution is 2.39. The minimum atomic E-state index is -2.55. The van der Waals surface area contributed by atoms with E-state index in [2.05, 4.69) is 25.3 Å². The van der Waals surface area contributed by atoms with E-state index in [4.69, 9.17) is 14.2 Å². The minimum Gasteiger partial charge on any atom is -0.771 e. The molecule has 3 heterocycles. The van der Waals surface area contributed by atoms with Crippen LogP contribution in [0.4, 0.5) is 5.82 Å². The molecule has 1 aliphatic carbocycles. The van der Waals surface area contributed by atoms with Crippen molar-refractivity contribution in [3.05, 3.63) is 42.6 Å². The smallest absolute Gasteiger partial charge is 0.213 e. The van der Waals surface area contributed by atoms with Gasteiger partial charge in [-0.15, -0.1) is 0 Å². The van der Waals surface area contributed by atoms with Gasteiger partial charge in [-0.25, -0.2) is 19.9 Å². The molecule has 0 bridgehead atoms. The molecule has 1 unspecified atom stereocenters. The van der Waals surface area contributed by atoms with Crippen LogP contribution in [0.5, 0.6) is 17.4 Å². The lowest BCUT2D eigenvalue weighted by atomic mass is 9.90. The zero-order chi connectivity index (χ0) is 26.2. The Morgan fingerprint density at radius 2 is 1.78 bits per heavy atom. The molecule has 1 saturated carbocycles. The summed E-state index contributed by atoms with van der Waals surface area (Å²) in [6.45, 7) is 2.31. The lowest BCUT2D eigenvalue weighted by molar-refractivity contribution is -0.125. The first kappa shape index (κ1) is 24.6. The van der Waals surface area contributed by atoms with E-state index in [1.165, 1.54) is 20.4 Å². The zero-order valence-corrected chi connectivity index (χ0v) is 21.1. The number of pyridine rings is 1. The minimum absolute atomic E-state index is 0.151. The highest BCUT2D eigenvalue weighted by Gasteiger charge is 2.45. The second-order valence-corrected chi connectivity index (χ2v) is 9.48. The van der Waals surface area contributed by atoms with Crippen LogP contribution in [0.2, 0.25) is 0 Å². The van der Waals surface area contributed by atoms with Crippen molar-refractivity contribution in [1.29, 1.82) is 0 Å². The summed E-state index contributed by atoms with van der Waals surface area (Å²) in [5, 5.41) is 2.88. The number of nitrogens with zero attached hydrogens (tertiary/aromatic N) is 5. The first-order chi connectivity index (χ1) is 17.9. The Balaban J connectivity index is 1.74. The van der Waals surface area contributed by atoms with Gasteiger partial charge in [0.1, 0.15) is 39.4 Å². The summed E-state index contributed by atoms with van der Waals surface area (Å²) in [6, 6.07) is 10.6. The summed E-state index contributed by atoms with van der Waals surface area (Å²) in [6.07, 6.45) is 1.08. The number of Topliss-reactive ketones (excluding diaryl/α,β-unsaturated/α-hetero) is 1. The van der Waals surface area contributed by atoms with Crippen molar-refractivity contribution in [2.45, 2.75) is 24.6 Å². The third kappa shape index (κ3) is 4.36.